The number of benzene rings is 2. The van der Waals surface area contributed by atoms with Crippen molar-refractivity contribution in [2.75, 3.05) is 43.0 Å². The Labute approximate surface area is 183 Å². The average molecular weight is 426 g/mol. The van der Waals surface area contributed by atoms with Crippen LogP contribution in [0.25, 0.3) is 6.08 Å². The summed E-state index contributed by atoms with van der Waals surface area (Å²) >= 11 is 6.00. The van der Waals surface area contributed by atoms with Gasteiger partial charge in [0, 0.05) is 59.9 Å². The molecule has 0 aromatic heterocycles. The van der Waals surface area contributed by atoms with E-state index in [2.05, 4.69) is 40.8 Å². The molecule has 2 aromatic carbocycles. The van der Waals surface area contributed by atoms with E-state index in [1.165, 1.54) is 5.69 Å². The van der Waals surface area contributed by atoms with Crippen molar-refractivity contribution >= 4 is 29.1 Å². The molecule has 158 valence electrons. The number of halogens is 1. The Morgan fingerprint density at radius 3 is 2.77 bits per heavy atom. The molecule has 0 bridgehead atoms. The van der Waals surface area contributed by atoms with Crippen LogP contribution in [-0.4, -0.2) is 54.9 Å². The molecule has 30 heavy (non-hydrogen) atoms. The Hall–Kier alpha value is -2.47. The van der Waals surface area contributed by atoms with Crippen molar-refractivity contribution in [3.05, 3.63) is 71.4 Å². The van der Waals surface area contributed by atoms with Gasteiger partial charge in [-0.2, -0.15) is 0 Å². The summed E-state index contributed by atoms with van der Waals surface area (Å²) < 4.78 is 5.86. The van der Waals surface area contributed by atoms with E-state index in [1.807, 2.05) is 42.5 Å². The molecule has 0 aliphatic carbocycles. The van der Waals surface area contributed by atoms with Crippen LogP contribution in [0.1, 0.15) is 12.5 Å². The van der Waals surface area contributed by atoms with Gasteiger partial charge in [-0.3, -0.25) is 4.90 Å². The number of aliphatic hydroxyl groups excluding tert-OH is 1. The normalized spacial score (nSPS) is 19.9. The van der Waals surface area contributed by atoms with Crippen LogP contribution >= 0.6 is 11.6 Å². The second kappa shape index (κ2) is 9.13. The Kier molecular flexibility index (Phi) is 6.32. The van der Waals surface area contributed by atoms with Gasteiger partial charge in [0.15, 0.2) is 0 Å². The summed E-state index contributed by atoms with van der Waals surface area (Å²) in [6, 6.07) is 14.2. The molecule has 2 N–H and O–H groups in total. The Morgan fingerprint density at radius 1 is 1.20 bits per heavy atom. The molecule has 2 aliphatic heterocycles. The van der Waals surface area contributed by atoms with Gasteiger partial charge in [-0.25, -0.2) is 0 Å². The van der Waals surface area contributed by atoms with Crippen LogP contribution in [-0.2, 0) is 0 Å². The minimum Gasteiger partial charge on any atom is -0.491 e. The van der Waals surface area contributed by atoms with Gasteiger partial charge in [0.2, 0.25) is 0 Å². The lowest BCUT2D eigenvalue weighted by Gasteiger charge is -2.41. The lowest BCUT2D eigenvalue weighted by atomic mass is 10.1. The summed E-state index contributed by atoms with van der Waals surface area (Å²) in [5, 5.41) is 14.5. The first-order valence-corrected chi connectivity index (χ1v) is 10.7. The van der Waals surface area contributed by atoms with Crippen molar-refractivity contribution in [1.82, 2.24) is 4.90 Å². The monoisotopic (exact) mass is 425 g/mol. The van der Waals surface area contributed by atoms with Crippen LogP contribution in [0.5, 0.6) is 5.75 Å². The van der Waals surface area contributed by atoms with Gasteiger partial charge in [0.05, 0.1) is 0 Å². The molecule has 2 heterocycles. The fourth-order valence-electron chi connectivity index (χ4n) is 3.96. The van der Waals surface area contributed by atoms with Crippen LogP contribution in [0.3, 0.4) is 0 Å². The molecule has 0 amide bonds. The highest BCUT2D eigenvalue weighted by atomic mass is 35.5. The molecule has 0 spiro atoms. The van der Waals surface area contributed by atoms with E-state index in [1.54, 1.807) is 0 Å². The van der Waals surface area contributed by atoms with E-state index in [4.69, 9.17) is 16.3 Å². The van der Waals surface area contributed by atoms with Crippen LogP contribution in [0.2, 0.25) is 5.02 Å². The zero-order valence-electron chi connectivity index (χ0n) is 17.2. The highest BCUT2D eigenvalue weighted by molar-refractivity contribution is 6.30. The lowest BCUT2D eigenvalue weighted by molar-refractivity contribution is 0.0512. The first-order chi connectivity index (χ1) is 14.5. The highest BCUT2D eigenvalue weighted by Crippen LogP contribution is 2.28. The molecule has 0 saturated carbocycles. The van der Waals surface area contributed by atoms with E-state index in [-0.39, 0.29) is 6.61 Å². The fraction of sp³-hybridized carbons (Fsp3) is 0.333. The van der Waals surface area contributed by atoms with E-state index in [0.717, 1.165) is 47.4 Å². The zero-order chi connectivity index (χ0) is 21.1. The Balaban J connectivity index is 1.27. The third-order valence-corrected chi connectivity index (χ3v) is 5.88. The molecule has 2 aliphatic rings. The molecule has 1 saturated heterocycles. The standard InChI is InChI=1S/C24H28ClN3O2/c1-17-3-4-19-13-23(9-10-24(19)26-17)30-16-22(29)15-27-11-12-28(14-18(27)2)21-7-5-20(25)6-8-21/h3-10,13,18,22,26,29H,1,11-12,14-16H2,2H3/t18-,22-/m0/s1. The summed E-state index contributed by atoms with van der Waals surface area (Å²) in [5.41, 5.74) is 4.13. The fourth-order valence-corrected chi connectivity index (χ4v) is 4.08. The molecule has 6 heteroatoms. The number of nitrogens with zero attached hydrogens (tertiary/aromatic N) is 2. The molecular formula is C24H28ClN3O2. The number of nitrogens with one attached hydrogen (secondary N) is 1. The van der Waals surface area contributed by atoms with Gasteiger partial charge in [0.1, 0.15) is 18.5 Å². The molecule has 4 rings (SSSR count). The summed E-state index contributed by atoms with van der Waals surface area (Å²) in [4.78, 5) is 4.69. The maximum Gasteiger partial charge on any atom is 0.120 e. The summed E-state index contributed by atoms with van der Waals surface area (Å²) in [6.07, 6.45) is 3.41. The quantitative estimate of drug-likeness (QED) is 0.724. The molecule has 1 fully saturated rings. The van der Waals surface area contributed by atoms with Crippen LogP contribution in [0, 0.1) is 0 Å². The lowest BCUT2D eigenvalue weighted by Crippen LogP contribution is -2.54. The van der Waals surface area contributed by atoms with Crippen LogP contribution in [0.4, 0.5) is 11.4 Å². The number of ether oxygens (including phenoxy) is 1. The predicted octanol–water partition coefficient (Wildman–Crippen LogP) is 4.24. The average Bonchev–Trinajstić information content (AvgIpc) is 2.74. The minimum absolute atomic E-state index is 0.271. The maximum absolute atomic E-state index is 10.5. The molecular weight excluding hydrogens is 398 g/mol. The van der Waals surface area contributed by atoms with Crippen molar-refractivity contribution < 1.29 is 9.84 Å². The number of anilines is 2. The zero-order valence-corrected chi connectivity index (χ0v) is 18.0. The second-order valence-corrected chi connectivity index (χ2v) is 8.40. The van der Waals surface area contributed by atoms with E-state index < -0.39 is 6.10 Å². The largest absolute Gasteiger partial charge is 0.491 e. The number of hydrogen-bond acceptors (Lipinski definition) is 5. The number of hydrogen-bond donors (Lipinski definition) is 2. The third-order valence-electron chi connectivity index (χ3n) is 5.63. The van der Waals surface area contributed by atoms with Crippen LogP contribution in [0.15, 0.2) is 60.8 Å². The highest BCUT2D eigenvalue weighted by Gasteiger charge is 2.25. The summed E-state index contributed by atoms with van der Waals surface area (Å²) in [7, 11) is 0. The third kappa shape index (κ3) is 4.98. The Morgan fingerprint density at radius 2 is 2.00 bits per heavy atom. The number of piperazine rings is 1. The molecule has 5 nitrogen and oxygen atoms in total. The van der Waals surface area contributed by atoms with Crippen molar-refractivity contribution in [1.29, 1.82) is 0 Å². The van der Waals surface area contributed by atoms with E-state index >= 15 is 0 Å². The van der Waals surface area contributed by atoms with Crippen molar-refractivity contribution in [3.8, 4) is 5.75 Å². The van der Waals surface area contributed by atoms with Crippen molar-refractivity contribution in [3.63, 3.8) is 0 Å². The predicted molar refractivity (Wildman–Crippen MR) is 124 cm³/mol. The van der Waals surface area contributed by atoms with Gasteiger partial charge >= 0.3 is 0 Å². The second-order valence-electron chi connectivity index (χ2n) is 7.96. The van der Waals surface area contributed by atoms with Gasteiger partial charge < -0.3 is 20.1 Å². The molecule has 0 unspecified atom stereocenters. The number of fused-ring (bicyclic) bond motifs is 1. The molecule has 2 atom stereocenters. The Bertz CT molecular complexity index is 929. The number of rotatable bonds is 6. The van der Waals surface area contributed by atoms with Gasteiger partial charge in [-0.1, -0.05) is 24.3 Å². The van der Waals surface area contributed by atoms with Gasteiger partial charge in [-0.05, 0) is 55.5 Å². The number of aliphatic hydroxyl groups is 1. The molecule has 2 aromatic rings. The van der Waals surface area contributed by atoms with Crippen molar-refractivity contribution in [2.45, 2.75) is 19.1 Å². The SMILES string of the molecule is C=C1C=Cc2cc(OC[C@@H](O)CN3CCN(c4ccc(Cl)cc4)C[C@@H]3C)ccc2N1. The van der Waals surface area contributed by atoms with Crippen molar-refractivity contribution in [2.24, 2.45) is 0 Å². The minimum atomic E-state index is -0.543. The van der Waals surface area contributed by atoms with Gasteiger partial charge in [0.25, 0.3) is 0 Å². The topological polar surface area (TPSA) is 48.0 Å². The van der Waals surface area contributed by atoms with Gasteiger partial charge in [-0.15, -0.1) is 0 Å². The molecule has 0 radical (unpaired) electrons. The summed E-state index contributed by atoms with van der Waals surface area (Å²) in [5.74, 6) is 0.757. The van der Waals surface area contributed by atoms with Crippen LogP contribution < -0.4 is 15.0 Å². The first kappa shape index (κ1) is 20.8. The van der Waals surface area contributed by atoms with E-state index in [9.17, 15) is 5.11 Å². The number of β-amino-alcohol motifs (C(OH)–C–C–N with tert-alkyl or cyclic N) is 1. The maximum atomic E-state index is 10.5. The van der Waals surface area contributed by atoms with E-state index in [0.29, 0.717) is 12.6 Å². The first-order valence-electron chi connectivity index (χ1n) is 10.3. The number of allylic oxidation sites excluding steroid dienone is 1. The smallest absolute Gasteiger partial charge is 0.120 e. The summed E-state index contributed by atoms with van der Waals surface area (Å²) in [6.45, 7) is 9.73.